The highest BCUT2D eigenvalue weighted by atomic mass is 35.5. The van der Waals surface area contributed by atoms with Gasteiger partial charge in [0.15, 0.2) is 0 Å². The van der Waals surface area contributed by atoms with E-state index in [0.717, 1.165) is 19.3 Å². The van der Waals surface area contributed by atoms with Crippen molar-refractivity contribution in [3.63, 3.8) is 0 Å². The average molecular weight is 427 g/mol. The molecular weight excluding hydrogens is 398 g/mol. The van der Waals surface area contributed by atoms with Crippen molar-refractivity contribution in [1.82, 2.24) is 0 Å². The van der Waals surface area contributed by atoms with E-state index in [1.54, 1.807) is 0 Å². The van der Waals surface area contributed by atoms with Crippen LogP contribution in [0, 0.1) is 17.6 Å². The molecule has 1 aliphatic rings. The smallest absolute Gasteiger partial charge is 0.145 e. The summed E-state index contributed by atoms with van der Waals surface area (Å²) in [6.07, 6.45) is 9.32. The van der Waals surface area contributed by atoms with Crippen molar-refractivity contribution in [1.29, 1.82) is 0 Å². The molecule has 0 N–H and O–H groups in total. The highest BCUT2D eigenvalue weighted by molar-refractivity contribution is 6.30. The van der Waals surface area contributed by atoms with E-state index in [-0.39, 0.29) is 5.92 Å². The van der Waals surface area contributed by atoms with E-state index < -0.39 is 16.7 Å². The molecule has 0 aliphatic heterocycles. The summed E-state index contributed by atoms with van der Waals surface area (Å²) in [5.41, 5.74) is 3.26. The molecule has 4 rings (SSSR count). The number of rotatable bonds is 7. The number of halogens is 3. The third-order valence-corrected chi connectivity index (χ3v) is 7.05. The Morgan fingerprint density at radius 1 is 0.933 bits per heavy atom. The van der Waals surface area contributed by atoms with Gasteiger partial charge in [0, 0.05) is 5.92 Å². The molecule has 1 aliphatic carbocycles. The summed E-state index contributed by atoms with van der Waals surface area (Å²) in [5.74, 6) is -0.936. The SMILES string of the molecule is CCCCCCC[C@@H]1CCc2c(ccc3ccccc23)[C@H]1c1cc(F)c(Cl)c(F)c1. The van der Waals surface area contributed by atoms with Crippen LogP contribution < -0.4 is 0 Å². The van der Waals surface area contributed by atoms with Crippen molar-refractivity contribution in [2.75, 3.05) is 0 Å². The predicted octanol–water partition coefficient (Wildman–Crippen LogP) is 8.83. The van der Waals surface area contributed by atoms with Gasteiger partial charge in [-0.3, -0.25) is 0 Å². The van der Waals surface area contributed by atoms with E-state index in [1.165, 1.54) is 66.1 Å². The van der Waals surface area contributed by atoms with Gasteiger partial charge < -0.3 is 0 Å². The normalized spacial score (nSPS) is 18.5. The first-order chi connectivity index (χ1) is 14.6. The zero-order valence-electron chi connectivity index (χ0n) is 17.6. The van der Waals surface area contributed by atoms with E-state index in [2.05, 4.69) is 43.3 Å². The summed E-state index contributed by atoms with van der Waals surface area (Å²) in [6, 6.07) is 15.6. The summed E-state index contributed by atoms with van der Waals surface area (Å²) in [6.45, 7) is 2.22. The Balaban J connectivity index is 1.73. The van der Waals surface area contributed by atoms with Crippen molar-refractivity contribution >= 4 is 22.4 Å². The van der Waals surface area contributed by atoms with Crippen LogP contribution in [-0.4, -0.2) is 0 Å². The Bertz CT molecular complexity index is 1000. The largest absolute Gasteiger partial charge is 0.205 e. The molecule has 0 nitrogen and oxygen atoms in total. The molecule has 0 heterocycles. The van der Waals surface area contributed by atoms with E-state index >= 15 is 0 Å². The first-order valence-electron chi connectivity index (χ1n) is 11.2. The Morgan fingerprint density at radius 2 is 1.67 bits per heavy atom. The maximum absolute atomic E-state index is 14.4. The van der Waals surface area contributed by atoms with Crippen molar-refractivity contribution in [3.8, 4) is 0 Å². The second-order valence-corrected chi connectivity index (χ2v) is 9.01. The number of aryl methyl sites for hydroxylation is 1. The lowest BCUT2D eigenvalue weighted by molar-refractivity contribution is 0.366. The van der Waals surface area contributed by atoms with Crippen molar-refractivity contribution in [2.45, 2.75) is 64.2 Å². The first kappa shape index (κ1) is 21.3. The average Bonchev–Trinajstić information content (AvgIpc) is 2.76. The number of fused-ring (bicyclic) bond motifs is 3. The van der Waals surface area contributed by atoms with E-state index in [1.807, 2.05) is 0 Å². The van der Waals surface area contributed by atoms with Gasteiger partial charge in [0.1, 0.15) is 16.7 Å². The number of unbranched alkanes of at least 4 members (excludes halogenated alkanes) is 4. The fourth-order valence-corrected chi connectivity index (χ4v) is 5.31. The molecule has 30 heavy (non-hydrogen) atoms. The lowest BCUT2D eigenvalue weighted by Crippen LogP contribution is -2.22. The van der Waals surface area contributed by atoms with Crippen LogP contribution in [-0.2, 0) is 6.42 Å². The Morgan fingerprint density at radius 3 is 2.43 bits per heavy atom. The molecule has 0 spiro atoms. The molecule has 0 radical (unpaired) electrons. The van der Waals surface area contributed by atoms with Crippen molar-refractivity contribution in [3.05, 3.63) is 81.9 Å². The van der Waals surface area contributed by atoms with Crippen molar-refractivity contribution in [2.24, 2.45) is 5.92 Å². The van der Waals surface area contributed by atoms with E-state index in [9.17, 15) is 8.78 Å². The van der Waals surface area contributed by atoms with Gasteiger partial charge in [-0.2, -0.15) is 0 Å². The van der Waals surface area contributed by atoms with Gasteiger partial charge >= 0.3 is 0 Å². The van der Waals surface area contributed by atoms with Crippen LogP contribution in [0.1, 0.15) is 74.5 Å². The minimum atomic E-state index is -0.665. The molecule has 3 heteroatoms. The van der Waals surface area contributed by atoms with E-state index in [0.29, 0.717) is 11.5 Å². The van der Waals surface area contributed by atoms with Gasteiger partial charge in [-0.1, -0.05) is 87.0 Å². The molecule has 2 atom stereocenters. The molecule has 3 aromatic rings. The molecular formula is C27H29ClF2. The number of benzene rings is 3. The predicted molar refractivity (Wildman–Crippen MR) is 122 cm³/mol. The van der Waals surface area contributed by atoms with Crippen LogP contribution in [0.2, 0.25) is 5.02 Å². The van der Waals surface area contributed by atoms with Gasteiger partial charge in [-0.05, 0) is 64.8 Å². The van der Waals surface area contributed by atoms with Crippen LogP contribution >= 0.6 is 11.6 Å². The highest BCUT2D eigenvalue weighted by Gasteiger charge is 2.32. The maximum atomic E-state index is 14.4. The molecule has 3 aromatic carbocycles. The minimum absolute atomic E-state index is 0.00537. The van der Waals surface area contributed by atoms with Gasteiger partial charge in [0.05, 0.1) is 0 Å². The van der Waals surface area contributed by atoms with Gasteiger partial charge in [0.25, 0.3) is 0 Å². The topological polar surface area (TPSA) is 0 Å². The summed E-state index contributed by atoms with van der Waals surface area (Å²) < 4.78 is 28.7. The third kappa shape index (κ3) is 4.25. The molecule has 0 unspecified atom stereocenters. The summed E-state index contributed by atoms with van der Waals surface area (Å²) in [7, 11) is 0. The van der Waals surface area contributed by atoms with Crippen LogP contribution in [0.3, 0.4) is 0 Å². The molecule has 0 aromatic heterocycles. The Hall–Kier alpha value is -1.93. The van der Waals surface area contributed by atoms with Gasteiger partial charge in [-0.25, -0.2) is 8.78 Å². The van der Waals surface area contributed by atoms with Gasteiger partial charge in [-0.15, -0.1) is 0 Å². The Labute approximate surface area is 183 Å². The summed E-state index contributed by atoms with van der Waals surface area (Å²) >= 11 is 5.79. The molecule has 0 amide bonds. The lowest BCUT2D eigenvalue weighted by atomic mass is 9.69. The summed E-state index contributed by atoms with van der Waals surface area (Å²) in [4.78, 5) is 0. The van der Waals surface area contributed by atoms with Crippen LogP contribution in [0.25, 0.3) is 10.8 Å². The minimum Gasteiger partial charge on any atom is -0.205 e. The van der Waals surface area contributed by atoms with Gasteiger partial charge in [0.2, 0.25) is 0 Å². The zero-order valence-corrected chi connectivity index (χ0v) is 18.3. The third-order valence-electron chi connectivity index (χ3n) is 6.69. The fraction of sp³-hybridized carbons (Fsp3) is 0.407. The quantitative estimate of drug-likeness (QED) is 0.261. The second kappa shape index (κ2) is 9.47. The monoisotopic (exact) mass is 426 g/mol. The zero-order chi connectivity index (χ0) is 21.1. The Kier molecular flexibility index (Phi) is 6.73. The number of hydrogen-bond donors (Lipinski definition) is 0. The molecule has 0 bridgehead atoms. The lowest BCUT2D eigenvalue weighted by Gasteiger charge is -2.35. The van der Waals surface area contributed by atoms with Crippen LogP contribution in [0.4, 0.5) is 8.78 Å². The van der Waals surface area contributed by atoms with Crippen molar-refractivity contribution < 1.29 is 8.78 Å². The number of hydrogen-bond acceptors (Lipinski definition) is 0. The second-order valence-electron chi connectivity index (χ2n) is 8.63. The van der Waals surface area contributed by atoms with Crippen LogP contribution in [0.5, 0.6) is 0 Å². The summed E-state index contributed by atoms with van der Waals surface area (Å²) in [5, 5.41) is 2.07. The fourth-order valence-electron chi connectivity index (χ4n) is 5.20. The maximum Gasteiger partial charge on any atom is 0.145 e. The highest BCUT2D eigenvalue weighted by Crippen LogP contribution is 2.46. The molecule has 0 saturated heterocycles. The molecule has 0 fully saturated rings. The molecule has 0 saturated carbocycles. The van der Waals surface area contributed by atoms with Crippen LogP contribution in [0.15, 0.2) is 48.5 Å². The van der Waals surface area contributed by atoms with E-state index in [4.69, 9.17) is 11.6 Å². The standard InChI is InChI=1S/C27H29ClF2/c1-2-3-4-5-6-10-19-13-14-22-21-11-8-7-9-18(21)12-15-23(22)26(19)20-16-24(29)27(28)25(30)17-20/h7-9,11-12,15-17,19,26H,2-6,10,13-14H2,1H3/t19-,26-/m1/s1. The first-order valence-corrected chi connectivity index (χ1v) is 11.6. The molecule has 158 valence electrons.